The summed E-state index contributed by atoms with van der Waals surface area (Å²) in [5.41, 5.74) is 8.99. The molecule has 0 spiro atoms. The summed E-state index contributed by atoms with van der Waals surface area (Å²) in [5, 5.41) is 0. The molecule has 0 unspecified atom stereocenters. The minimum Gasteiger partial charge on any atom is -0.418 e. The van der Waals surface area contributed by atoms with E-state index in [4.69, 9.17) is 10.2 Å². The number of nitrogens with one attached hydrogen (secondary N) is 1. The van der Waals surface area contributed by atoms with Gasteiger partial charge in [0.05, 0.1) is 10.5 Å². The fraction of sp³-hybridized carbons (Fsp3) is 0.150. The third-order valence-electron chi connectivity index (χ3n) is 4.69. The molecule has 0 atom stereocenters. The van der Waals surface area contributed by atoms with Crippen molar-refractivity contribution >= 4 is 27.1 Å². The number of nitrogen functional groups attached to an aromatic ring is 1. The quantitative estimate of drug-likeness (QED) is 0.521. The average Bonchev–Trinajstić information content (AvgIpc) is 3.42. The molecule has 0 amide bonds. The first-order valence-electron chi connectivity index (χ1n) is 9.10. The molecule has 1 aromatic carbocycles. The van der Waals surface area contributed by atoms with Gasteiger partial charge in [-0.15, -0.1) is 0 Å². The molecule has 29 heavy (non-hydrogen) atoms. The van der Waals surface area contributed by atoms with Crippen LogP contribution in [0.1, 0.15) is 12.8 Å². The topological polar surface area (TPSA) is 124 Å². The minimum absolute atomic E-state index is 0.0428. The molecule has 0 radical (unpaired) electrons. The second kappa shape index (κ2) is 6.64. The lowest BCUT2D eigenvalue weighted by atomic mass is 10.1. The molecule has 8 nitrogen and oxygen atoms in total. The Bertz CT molecular complexity index is 1300. The summed E-state index contributed by atoms with van der Waals surface area (Å²) in [4.78, 5) is 13.0. The maximum atomic E-state index is 12.5. The van der Waals surface area contributed by atoms with E-state index in [9.17, 15) is 8.42 Å². The van der Waals surface area contributed by atoms with E-state index in [-0.39, 0.29) is 16.8 Å². The van der Waals surface area contributed by atoms with Crippen LogP contribution in [0.2, 0.25) is 0 Å². The first-order valence-corrected chi connectivity index (χ1v) is 10.6. The number of anilines is 1. The summed E-state index contributed by atoms with van der Waals surface area (Å²) < 4.78 is 33.5. The molecule has 3 aromatic heterocycles. The Kier molecular flexibility index (Phi) is 4.07. The Morgan fingerprint density at radius 1 is 1.07 bits per heavy atom. The van der Waals surface area contributed by atoms with Crippen molar-refractivity contribution < 1.29 is 12.8 Å². The van der Waals surface area contributed by atoms with Gasteiger partial charge in [-0.3, -0.25) is 0 Å². The first kappa shape index (κ1) is 17.8. The number of aromatic nitrogens is 3. The van der Waals surface area contributed by atoms with Crippen molar-refractivity contribution in [2.45, 2.75) is 23.8 Å². The highest BCUT2D eigenvalue weighted by Gasteiger charge is 2.28. The monoisotopic (exact) mass is 407 g/mol. The lowest BCUT2D eigenvalue weighted by Crippen LogP contribution is -2.25. The highest BCUT2D eigenvalue weighted by molar-refractivity contribution is 7.89. The number of fused-ring (bicyclic) bond motifs is 1. The van der Waals surface area contributed by atoms with Crippen LogP contribution >= 0.6 is 0 Å². The molecule has 9 heteroatoms. The molecule has 0 bridgehead atoms. The van der Waals surface area contributed by atoms with Crippen LogP contribution in [0.15, 0.2) is 64.2 Å². The van der Waals surface area contributed by atoms with Gasteiger partial charge in [0.15, 0.2) is 0 Å². The summed E-state index contributed by atoms with van der Waals surface area (Å²) in [5.74, 6) is 0.573. The molecule has 0 saturated heterocycles. The third kappa shape index (κ3) is 3.45. The van der Waals surface area contributed by atoms with Crippen LogP contribution in [0.25, 0.3) is 33.8 Å². The van der Waals surface area contributed by atoms with E-state index in [1.165, 1.54) is 0 Å². The molecular weight excluding hydrogens is 390 g/mol. The van der Waals surface area contributed by atoms with E-state index >= 15 is 0 Å². The predicted octanol–water partition coefficient (Wildman–Crippen LogP) is 2.97. The smallest absolute Gasteiger partial charge is 0.247 e. The van der Waals surface area contributed by atoms with Gasteiger partial charge in [-0.2, -0.15) is 0 Å². The van der Waals surface area contributed by atoms with Crippen molar-refractivity contribution in [2.24, 2.45) is 0 Å². The van der Waals surface area contributed by atoms with Crippen molar-refractivity contribution in [1.29, 1.82) is 0 Å². The summed E-state index contributed by atoms with van der Waals surface area (Å²) in [6.07, 6.45) is 4.98. The van der Waals surface area contributed by atoms with Crippen molar-refractivity contribution in [3.8, 4) is 22.6 Å². The fourth-order valence-electron chi connectivity index (χ4n) is 3.02. The van der Waals surface area contributed by atoms with E-state index in [1.54, 1.807) is 48.8 Å². The van der Waals surface area contributed by atoms with E-state index in [0.29, 0.717) is 33.8 Å². The van der Waals surface area contributed by atoms with Gasteiger partial charge in [0.1, 0.15) is 11.3 Å². The number of hydrogen-bond donors (Lipinski definition) is 2. The molecule has 1 saturated carbocycles. The average molecular weight is 407 g/mol. The number of sulfonamides is 1. The van der Waals surface area contributed by atoms with Crippen LogP contribution in [0.4, 0.5) is 5.82 Å². The number of nitrogens with zero attached hydrogens (tertiary/aromatic N) is 3. The summed E-state index contributed by atoms with van der Waals surface area (Å²) >= 11 is 0. The Labute approximate surface area is 166 Å². The lowest BCUT2D eigenvalue weighted by molar-refractivity contribution is 0.581. The van der Waals surface area contributed by atoms with Crippen molar-refractivity contribution in [1.82, 2.24) is 19.7 Å². The zero-order valence-electron chi connectivity index (χ0n) is 15.2. The largest absolute Gasteiger partial charge is 0.418 e. The number of oxazole rings is 1. The Hall–Kier alpha value is -3.30. The number of benzene rings is 1. The van der Waals surface area contributed by atoms with Gasteiger partial charge in [-0.1, -0.05) is 12.1 Å². The maximum Gasteiger partial charge on any atom is 0.247 e. The van der Waals surface area contributed by atoms with Crippen molar-refractivity contribution in [2.75, 3.05) is 5.73 Å². The standard InChI is InChI=1S/C20H17N5O3S/c21-18-16(19-24-17-5-2-8-22-20(17)28-19)10-13(11-23-18)12-3-1-4-15(9-12)29(26,27)25-14-6-7-14/h1-5,8-11,14,25H,6-7H2,(H2,21,23). The highest BCUT2D eigenvalue weighted by atomic mass is 32.2. The van der Waals surface area contributed by atoms with Crippen LogP contribution in [-0.2, 0) is 10.0 Å². The molecule has 0 aliphatic heterocycles. The van der Waals surface area contributed by atoms with Crippen molar-refractivity contribution in [3.63, 3.8) is 0 Å². The van der Waals surface area contributed by atoms with Gasteiger partial charge < -0.3 is 10.2 Å². The minimum atomic E-state index is -3.55. The summed E-state index contributed by atoms with van der Waals surface area (Å²) in [7, 11) is -3.55. The molecule has 4 aromatic rings. The van der Waals surface area contributed by atoms with Gasteiger partial charge >= 0.3 is 0 Å². The number of nitrogens with two attached hydrogens (primary N) is 1. The Morgan fingerprint density at radius 2 is 1.93 bits per heavy atom. The molecule has 1 aliphatic carbocycles. The van der Waals surface area contributed by atoms with Crippen LogP contribution in [-0.4, -0.2) is 29.4 Å². The van der Waals surface area contributed by atoms with Gasteiger partial charge in [-0.25, -0.2) is 28.1 Å². The Morgan fingerprint density at radius 3 is 2.72 bits per heavy atom. The van der Waals surface area contributed by atoms with Crippen LogP contribution in [0.3, 0.4) is 0 Å². The van der Waals surface area contributed by atoms with Crippen LogP contribution in [0, 0.1) is 0 Å². The van der Waals surface area contributed by atoms with Gasteiger partial charge in [0, 0.05) is 24.0 Å². The van der Waals surface area contributed by atoms with Gasteiger partial charge in [0.2, 0.25) is 21.6 Å². The highest BCUT2D eigenvalue weighted by Crippen LogP contribution is 2.31. The van der Waals surface area contributed by atoms with E-state index < -0.39 is 10.0 Å². The second-order valence-electron chi connectivity index (χ2n) is 6.93. The van der Waals surface area contributed by atoms with Gasteiger partial charge in [0.25, 0.3) is 0 Å². The summed E-state index contributed by atoms with van der Waals surface area (Å²) in [6.45, 7) is 0. The maximum absolute atomic E-state index is 12.5. The predicted molar refractivity (Wildman–Crippen MR) is 108 cm³/mol. The van der Waals surface area contributed by atoms with Crippen molar-refractivity contribution in [3.05, 3.63) is 54.9 Å². The first-order chi connectivity index (χ1) is 14.0. The number of pyridine rings is 2. The fourth-order valence-corrected chi connectivity index (χ4v) is 4.37. The van der Waals surface area contributed by atoms with E-state index in [0.717, 1.165) is 12.8 Å². The molecular formula is C20H17N5O3S. The lowest BCUT2D eigenvalue weighted by Gasteiger charge is -2.09. The third-order valence-corrected chi connectivity index (χ3v) is 6.21. The van der Waals surface area contributed by atoms with Crippen LogP contribution < -0.4 is 10.5 Å². The zero-order chi connectivity index (χ0) is 20.0. The SMILES string of the molecule is Nc1ncc(-c2cccc(S(=O)(=O)NC3CC3)c2)cc1-c1nc2cccnc2o1. The number of hydrogen-bond acceptors (Lipinski definition) is 7. The van der Waals surface area contributed by atoms with Gasteiger partial charge in [-0.05, 0) is 48.7 Å². The summed E-state index contributed by atoms with van der Waals surface area (Å²) in [6, 6.07) is 12.1. The molecule has 146 valence electrons. The molecule has 3 N–H and O–H groups in total. The van der Waals surface area contributed by atoms with E-state index in [2.05, 4.69) is 19.7 Å². The Balaban J connectivity index is 1.55. The molecule has 3 heterocycles. The second-order valence-corrected chi connectivity index (χ2v) is 8.64. The molecule has 5 rings (SSSR count). The normalized spacial score (nSPS) is 14.3. The van der Waals surface area contributed by atoms with Crippen LogP contribution in [0.5, 0.6) is 0 Å². The van der Waals surface area contributed by atoms with E-state index in [1.807, 2.05) is 6.07 Å². The number of rotatable bonds is 5. The molecule has 1 aliphatic rings. The zero-order valence-corrected chi connectivity index (χ0v) is 16.1. The molecule has 1 fully saturated rings.